The minimum Gasteiger partial charge on any atom is -0.356 e. The molecule has 140 valence electrons. The van der Waals surface area contributed by atoms with Crippen LogP contribution in [0.25, 0.3) is 0 Å². The molecular formula is C19H32N4O2. The maximum Gasteiger partial charge on any atom is 0.318 e. The van der Waals surface area contributed by atoms with Gasteiger partial charge < -0.3 is 15.5 Å². The van der Waals surface area contributed by atoms with Crippen molar-refractivity contribution in [2.24, 2.45) is 0 Å². The fourth-order valence-corrected chi connectivity index (χ4v) is 2.32. The highest BCUT2D eigenvalue weighted by Gasteiger charge is 2.23. The lowest BCUT2D eigenvalue weighted by molar-refractivity contribution is -0.121. The van der Waals surface area contributed by atoms with Gasteiger partial charge in [-0.25, -0.2) is 4.79 Å². The highest BCUT2D eigenvalue weighted by Crippen LogP contribution is 2.08. The number of hydrogen-bond acceptors (Lipinski definition) is 3. The highest BCUT2D eigenvalue weighted by atomic mass is 16.2. The number of rotatable bonds is 8. The molecule has 0 aliphatic rings. The van der Waals surface area contributed by atoms with Gasteiger partial charge in [-0.15, -0.1) is 0 Å². The molecular weight excluding hydrogens is 316 g/mol. The van der Waals surface area contributed by atoms with E-state index in [0.29, 0.717) is 25.9 Å². The van der Waals surface area contributed by atoms with E-state index >= 15 is 0 Å². The fourth-order valence-electron chi connectivity index (χ4n) is 2.32. The summed E-state index contributed by atoms with van der Waals surface area (Å²) in [5.74, 6) is -0.0483. The average Bonchev–Trinajstić information content (AvgIpc) is 2.54. The maximum absolute atomic E-state index is 12.4. The van der Waals surface area contributed by atoms with Gasteiger partial charge in [0.2, 0.25) is 5.91 Å². The van der Waals surface area contributed by atoms with Gasteiger partial charge in [0.25, 0.3) is 0 Å². The Morgan fingerprint density at radius 2 is 2.00 bits per heavy atom. The van der Waals surface area contributed by atoms with Crippen LogP contribution in [0.4, 0.5) is 4.79 Å². The first-order valence-corrected chi connectivity index (χ1v) is 8.98. The van der Waals surface area contributed by atoms with E-state index in [1.54, 1.807) is 11.1 Å². The minimum atomic E-state index is -0.298. The molecule has 0 spiro atoms. The highest BCUT2D eigenvalue weighted by molar-refractivity contribution is 5.78. The van der Waals surface area contributed by atoms with Gasteiger partial charge in [-0.1, -0.05) is 13.0 Å². The van der Waals surface area contributed by atoms with Gasteiger partial charge in [0.15, 0.2) is 0 Å². The van der Waals surface area contributed by atoms with Crippen molar-refractivity contribution >= 4 is 11.9 Å². The zero-order chi connectivity index (χ0) is 18.9. The summed E-state index contributed by atoms with van der Waals surface area (Å²) in [5, 5.41) is 5.86. The molecule has 0 saturated heterocycles. The third-order valence-electron chi connectivity index (χ3n) is 3.87. The van der Waals surface area contributed by atoms with Crippen LogP contribution in [0.2, 0.25) is 0 Å². The number of carbonyl (C=O) groups is 2. The number of nitrogens with one attached hydrogen (secondary N) is 2. The number of urea groups is 1. The van der Waals surface area contributed by atoms with E-state index in [9.17, 15) is 9.59 Å². The van der Waals surface area contributed by atoms with Gasteiger partial charge in [-0.05, 0) is 46.2 Å². The molecule has 1 aromatic rings. The molecule has 3 amide bonds. The van der Waals surface area contributed by atoms with Crippen LogP contribution in [0.5, 0.6) is 0 Å². The van der Waals surface area contributed by atoms with Crippen molar-refractivity contribution in [2.75, 3.05) is 13.1 Å². The van der Waals surface area contributed by atoms with Crippen LogP contribution in [-0.4, -0.2) is 46.5 Å². The molecule has 0 bridgehead atoms. The molecule has 0 aliphatic carbocycles. The smallest absolute Gasteiger partial charge is 0.318 e. The molecule has 0 radical (unpaired) electrons. The monoisotopic (exact) mass is 348 g/mol. The molecule has 1 aromatic heterocycles. The molecule has 1 atom stereocenters. The number of carbonyl (C=O) groups excluding carboxylic acids is 2. The predicted octanol–water partition coefficient (Wildman–Crippen LogP) is 2.74. The van der Waals surface area contributed by atoms with Gasteiger partial charge in [0.1, 0.15) is 0 Å². The number of nitrogens with zero attached hydrogens (tertiary/aromatic N) is 2. The zero-order valence-corrected chi connectivity index (χ0v) is 16.1. The first-order chi connectivity index (χ1) is 11.7. The van der Waals surface area contributed by atoms with Crippen molar-refractivity contribution in [1.82, 2.24) is 20.5 Å². The Labute approximate surface area is 151 Å². The molecule has 1 rings (SSSR count). The van der Waals surface area contributed by atoms with Crippen molar-refractivity contribution in [3.63, 3.8) is 0 Å². The van der Waals surface area contributed by atoms with Gasteiger partial charge in [0, 0.05) is 49.4 Å². The van der Waals surface area contributed by atoms with E-state index in [4.69, 9.17) is 0 Å². The van der Waals surface area contributed by atoms with E-state index in [0.717, 1.165) is 12.1 Å². The molecule has 0 aromatic carbocycles. The van der Waals surface area contributed by atoms with E-state index in [2.05, 4.69) is 15.6 Å². The quantitative estimate of drug-likeness (QED) is 0.758. The van der Waals surface area contributed by atoms with Gasteiger partial charge in [-0.2, -0.15) is 0 Å². The summed E-state index contributed by atoms with van der Waals surface area (Å²) in [7, 11) is 0. The Bertz CT molecular complexity index is 540. The Balaban J connectivity index is 2.44. The second-order valence-corrected chi connectivity index (χ2v) is 7.30. The molecule has 1 unspecified atom stereocenters. The topological polar surface area (TPSA) is 74.3 Å². The minimum absolute atomic E-state index is 0.0483. The summed E-state index contributed by atoms with van der Waals surface area (Å²) < 4.78 is 0. The van der Waals surface area contributed by atoms with Gasteiger partial charge >= 0.3 is 6.03 Å². The van der Waals surface area contributed by atoms with Gasteiger partial charge in [-0.3, -0.25) is 9.78 Å². The molecule has 2 N–H and O–H groups in total. The van der Waals surface area contributed by atoms with Crippen molar-refractivity contribution in [3.05, 3.63) is 30.1 Å². The lowest BCUT2D eigenvalue weighted by Gasteiger charge is -2.32. The summed E-state index contributed by atoms with van der Waals surface area (Å²) in [4.78, 5) is 30.5. The zero-order valence-electron chi connectivity index (χ0n) is 16.1. The van der Waals surface area contributed by atoms with Crippen LogP contribution in [0.15, 0.2) is 24.4 Å². The number of amides is 3. The molecule has 0 fully saturated rings. The van der Waals surface area contributed by atoms with Crippen molar-refractivity contribution in [2.45, 2.75) is 65.5 Å². The van der Waals surface area contributed by atoms with E-state index in [-0.39, 0.29) is 23.5 Å². The molecule has 1 heterocycles. The Morgan fingerprint density at radius 3 is 2.56 bits per heavy atom. The van der Waals surface area contributed by atoms with Crippen molar-refractivity contribution in [1.29, 1.82) is 0 Å². The first kappa shape index (κ1) is 20.9. The van der Waals surface area contributed by atoms with Crippen LogP contribution >= 0.6 is 0 Å². The van der Waals surface area contributed by atoms with Crippen LogP contribution < -0.4 is 10.6 Å². The molecule has 25 heavy (non-hydrogen) atoms. The van der Waals surface area contributed by atoms with Crippen LogP contribution in [-0.2, 0) is 11.2 Å². The standard InChI is InChI=1S/C19H32N4O2/c1-6-15(2)23(18(25)22-19(3,4)5)14-11-17(24)21-13-10-16-9-7-8-12-20-16/h7-9,12,15H,6,10-11,13-14H2,1-5H3,(H,21,24)(H,22,25). The third kappa shape index (κ3) is 8.52. The molecule has 6 heteroatoms. The number of pyridine rings is 1. The first-order valence-electron chi connectivity index (χ1n) is 8.98. The molecule has 0 aliphatic heterocycles. The molecule has 6 nitrogen and oxygen atoms in total. The van der Waals surface area contributed by atoms with E-state index in [1.165, 1.54) is 0 Å². The van der Waals surface area contributed by atoms with Crippen LogP contribution in [0, 0.1) is 0 Å². The maximum atomic E-state index is 12.4. The SMILES string of the molecule is CCC(C)N(CCC(=O)NCCc1ccccn1)C(=O)NC(C)(C)C. The Kier molecular flexibility index (Phi) is 8.38. The summed E-state index contributed by atoms with van der Waals surface area (Å²) in [6.07, 6.45) is 3.59. The second-order valence-electron chi connectivity index (χ2n) is 7.30. The fraction of sp³-hybridized carbons (Fsp3) is 0.632. The lowest BCUT2D eigenvalue weighted by Crippen LogP contribution is -2.52. The normalized spacial score (nSPS) is 12.4. The van der Waals surface area contributed by atoms with E-state index in [1.807, 2.05) is 52.8 Å². The summed E-state index contributed by atoms with van der Waals surface area (Å²) >= 11 is 0. The Hall–Kier alpha value is -2.11. The van der Waals surface area contributed by atoms with E-state index < -0.39 is 0 Å². The largest absolute Gasteiger partial charge is 0.356 e. The average molecular weight is 348 g/mol. The summed E-state index contributed by atoms with van der Waals surface area (Å²) in [6, 6.07) is 5.70. The number of hydrogen-bond donors (Lipinski definition) is 2. The third-order valence-corrected chi connectivity index (χ3v) is 3.87. The van der Waals surface area contributed by atoms with Crippen molar-refractivity contribution in [3.8, 4) is 0 Å². The summed E-state index contributed by atoms with van der Waals surface area (Å²) in [6.45, 7) is 10.8. The van der Waals surface area contributed by atoms with Crippen molar-refractivity contribution < 1.29 is 9.59 Å². The number of aromatic nitrogens is 1. The second kappa shape index (κ2) is 10.0. The lowest BCUT2D eigenvalue weighted by atomic mass is 10.1. The predicted molar refractivity (Wildman–Crippen MR) is 100 cm³/mol. The van der Waals surface area contributed by atoms with Gasteiger partial charge in [0.05, 0.1) is 0 Å². The molecule has 0 saturated carbocycles. The van der Waals surface area contributed by atoms with Crippen LogP contribution in [0.3, 0.4) is 0 Å². The summed E-state index contributed by atoms with van der Waals surface area (Å²) in [5.41, 5.74) is 0.655. The Morgan fingerprint density at radius 1 is 1.28 bits per heavy atom. The van der Waals surface area contributed by atoms with Crippen LogP contribution in [0.1, 0.15) is 53.2 Å².